The van der Waals surface area contributed by atoms with Crippen LogP contribution in [-0.2, 0) is 20.7 Å². The van der Waals surface area contributed by atoms with E-state index in [1.807, 2.05) is 45.0 Å². The molecule has 1 heterocycles. The molecule has 1 aliphatic rings. The lowest BCUT2D eigenvalue weighted by atomic mass is 9.81. The van der Waals surface area contributed by atoms with E-state index < -0.39 is 23.5 Å². The van der Waals surface area contributed by atoms with Crippen LogP contribution in [0.5, 0.6) is 0 Å². The first-order valence-electron chi connectivity index (χ1n) is 13.9. The van der Waals surface area contributed by atoms with E-state index in [4.69, 9.17) is 4.74 Å². The normalized spacial score (nSPS) is 17.6. The maximum atomic E-state index is 13.4. The van der Waals surface area contributed by atoms with E-state index in [1.54, 1.807) is 24.3 Å². The molecule has 1 saturated carbocycles. The van der Waals surface area contributed by atoms with Gasteiger partial charge in [0.05, 0.1) is 0 Å². The molecule has 0 radical (unpaired) electrons. The Kier molecular flexibility index (Phi) is 10.2. The largest absolute Gasteiger partial charge is 0.444 e. The summed E-state index contributed by atoms with van der Waals surface area (Å²) in [4.78, 5) is 52.4. The van der Waals surface area contributed by atoms with Crippen molar-refractivity contribution in [2.24, 2.45) is 11.8 Å². The number of aromatic nitrogens is 2. The molecule has 0 saturated heterocycles. The minimum atomic E-state index is -0.795. The van der Waals surface area contributed by atoms with Gasteiger partial charge in [0.15, 0.2) is 5.82 Å². The summed E-state index contributed by atoms with van der Waals surface area (Å²) < 4.78 is 10.8. The van der Waals surface area contributed by atoms with Crippen molar-refractivity contribution in [3.8, 4) is 11.4 Å². The van der Waals surface area contributed by atoms with Crippen LogP contribution >= 0.6 is 15.9 Å². The zero-order valence-electron chi connectivity index (χ0n) is 23.9. The van der Waals surface area contributed by atoms with Gasteiger partial charge in [-0.1, -0.05) is 33.2 Å². The molecule has 11 nitrogen and oxygen atoms in total. The predicted molar refractivity (Wildman–Crippen MR) is 161 cm³/mol. The maximum Gasteiger partial charge on any atom is 0.439 e. The number of hydrogen-bond donors (Lipinski definition) is 4. The minimum Gasteiger partial charge on any atom is -0.444 e. The van der Waals surface area contributed by atoms with Gasteiger partial charge in [-0.25, -0.2) is 9.59 Å². The summed E-state index contributed by atoms with van der Waals surface area (Å²) >= 11 is 3.43. The fourth-order valence-electron chi connectivity index (χ4n) is 4.82. The third-order valence-corrected chi connectivity index (χ3v) is 7.53. The fourth-order valence-corrected chi connectivity index (χ4v) is 5.09. The Morgan fingerprint density at radius 1 is 1.05 bits per heavy atom. The second-order valence-electron chi connectivity index (χ2n) is 11.5. The molecule has 1 fully saturated rings. The van der Waals surface area contributed by atoms with Crippen molar-refractivity contribution in [1.29, 1.82) is 0 Å². The van der Waals surface area contributed by atoms with Gasteiger partial charge >= 0.3 is 11.8 Å². The molecule has 0 bridgehead atoms. The topological polar surface area (TPSA) is 155 Å². The average Bonchev–Trinajstić information content (AvgIpc) is 3.38. The summed E-state index contributed by atoms with van der Waals surface area (Å²) in [6.45, 7) is 5.96. The average molecular weight is 643 g/mol. The van der Waals surface area contributed by atoms with Crippen LogP contribution in [0.1, 0.15) is 52.0 Å². The molecule has 4 rings (SSSR count). The number of alkyl carbamates (subject to hydrolysis) is 1. The lowest BCUT2D eigenvalue weighted by molar-refractivity contribution is -0.130. The Hall–Kier alpha value is -3.93. The van der Waals surface area contributed by atoms with Gasteiger partial charge in [-0.05, 0) is 94.3 Å². The molecule has 0 unspecified atom stereocenters. The molecule has 0 aliphatic heterocycles. The van der Waals surface area contributed by atoms with E-state index in [9.17, 15) is 19.2 Å². The predicted octanol–water partition coefficient (Wildman–Crippen LogP) is 4.79. The summed E-state index contributed by atoms with van der Waals surface area (Å²) in [7, 11) is 0. The summed E-state index contributed by atoms with van der Waals surface area (Å²) in [5, 5.41) is 12.4. The molecular formula is C30H36BrN5O6. The molecule has 0 spiro atoms. The second kappa shape index (κ2) is 13.8. The molecule has 3 aromatic rings. The van der Waals surface area contributed by atoms with Crippen LogP contribution in [0.3, 0.4) is 0 Å². The standard InChI is InChI=1S/C30H36BrN5O6/c1-30(2,3)41-28(39)32-17-19-4-8-21(9-5-19)26(37)34-24(16-18-6-12-22(31)13-7-18)27(38)33-23-14-10-20(11-15-23)25-35-29(40)42-36-25/h6-7,10-15,19,21,24H,4-5,8-9,16-17H2,1-3H3,(H,32,39)(H,33,38)(H,34,37)(H,35,36,40)/t19?,21?,24-/m0/s1. The quantitative estimate of drug-likeness (QED) is 0.262. The molecule has 42 heavy (non-hydrogen) atoms. The van der Waals surface area contributed by atoms with Crippen LogP contribution in [-0.4, -0.2) is 46.2 Å². The summed E-state index contributed by atoms with van der Waals surface area (Å²) in [6.07, 6.45) is 2.81. The number of aromatic amines is 1. The zero-order valence-corrected chi connectivity index (χ0v) is 25.5. The SMILES string of the molecule is CC(C)(C)OC(=O)NCC1CCC(C(=O)N[C@@H](Cc2ccc(Br)cc2)C(=O)Nc2ccc(-c3noc(=O)[nH]3)cc2)CC1. The lowest BCUT2D eigenvalue weighted by Gasteiger charge is -2.29. The van der Waals surface area contributed by atoms with Crippen LogP contribution < -0.4 is 21.7 Å². The molecule has 1 aliphatic carbocycles. The third kappa shape index (κ3) is 9.30. The highest BCUT2D eigenvalue weighted by Gasteiger charge is 2.30. The zero-order chi connectivity index (χ0) is 30.3. The molecule has 2 aromatic carbocycles. The van der Waals surface area contributed by atoms with Crippen LogP contribution in [0.15, 0.2) is 62.3 Å². The van der Waals surface area contributed by atoms with Gasteiger partial charge < -0.3 is 20.7 Å². The number of hydrogen-bond acceptors (Lipinski definition) is 7. The Bertz CT molecular complexity index is 1420. The number of amides is 3. The number of halogens is 1. The van der Waals surface area contributed by atoms with Crippen molar-refractivity contribution in [3.63, 3.8) is 0 Å². The Morgan fingerprint density at radius 2 is 1.71 bits per heavy atom. The number of nitrogens with one attached hydrogen (secondary N) is 4. The number of carbonyl (C=O) groups excluding carboxylic acids is 3. The van der Waals surface area contributed by atoms with Crippen molar-refractivity contribution in [2.75, 3.05) is 11.9 Å². The van der Waals surface area contributed by atoms with Gasteiger partial charge in [-0.2, -0.15) is 0 Å². The van der Waals surface area contributed by atoms with E-state index in [1.165, 1.54) is 0 Å². The molecule has 224 valence electrons. The van der Waals surface area contributed by atoms with Crippen molar-refractivity contribution < 1.29 is 23.6 Å². The molecule has 1 atom stereocenters. The Labute approximate surface area is 252 Å². The van der Waals surface area contributed by atoms with Crippen LogP contribution in [0, 0.1) is 11.8 Å². The van der Waals surface area contributed by atoms with Crippen LogP contribution in [0.4, 0.5) is 10.5 Å². The van der Waals surface area contributed by atoms with E-state index in [-0.39, 0.29) is 29.5 Å². The second-order valence-corrected chi connectivity index (χ2v) is 12.4. The number of ether oxygens (including phenoxy) is 1. The first-order chi connectivity index (χ1) is 19.9. The van der Waals surface area contributed by atoms with Crippen molar-refractivity contribution in [1.82, 2.24) is 20.8 Å². The van der Waals surface area contributed by atoms with Crippen molar-refractivity contribution in [2.45, 2.75) is 64.5 Å². The lowest BCUT2D eigenvalue weighted by Crippen LogP contribution is -2.48. The first-order valence-corrected chi connectivity index (χ1v) is 14.7. The first kappa shape index (κ1) is 31.0. The summed E-state index contributed by atoms with van der Waals surface area (Å²) in [6, 6.07) is 13.6. The monoisotopic (exact) mass is 641 g/mol. The van der Waals surface area contributed by atoms with Gasteiger partial charge in [0.2, 0.25) is 11.8 Å². The maximum absolute atomic E-state index is 13.4. The third-order valence-electron chi connectivity index (χ3n) is 7.00. The highest BCUT2D eigenvalue weighted by atomic mass is 79.9. The van der Waals surface area contributed by atoms with Gasteiger partial charge in [-0.15, -0.1) is 0 Å². The molecule has 3 amide bonds. The van der Waals surface area contributed by atoms with E-state index in [0.29, 0.717) is 37.1 Å². The Morgan fingerprint density at radius 3 is 2.31 bits per heavy atom. The van der Waals surface area contributed by atoms with Crippen LogP contribution in [0.2, 0.25) is 0 Å². The van der Waals surface area contributed by atoms with E-state index in [2.05, 4.69) is 46.5 Å². The fraction of sp³-hybridized carbons (Fsp3) is 0.433. The minimum absolute atomic E-state index is 0.156. The van der Waals surface area contributed by atoms with Gasteiger partial charge in [0.25, 0.3) is 0 Å². The number of anilines is 1. The van der Waals surface area contributed by atoms with Crippen molar-refractivity contribution in [3.05, 3.63) is 69.1 Å². The molecule has 12 heteroatoms. The van der Waals surface area contributed by atoms with E-state index in [0.717, 1.165) is 22.9 Å². The molecule has 4 N–H and O–H groups in total. The van der Waals surface area contributed by atoms with Gasteiger partial charge in [-0.3, -0.25) is 19.1 Å². The Balaban J connectivity index is 1.35. The van der Waals surface area contributed by atoms with E-state index >= 15 is 0 Å². The number of H-pyrrole nitrogens is 1. The highest BCUT2D eigenvalue weighted by Crippen LogP contribution is 2.29. The van der Waals surface area contributed by atoms with Gasteiger partial charge in [0.1, 0.15) is 11.6 Å². The summed E-state index contributed by atoms with van der Waals surface area (Å²) in [5.41, 5.74) is 1.50. The number of benzene rings is 2. The van der Waals surface area contributed by atoms with Crippen molar-refractivity contribution >= 4 is 39.5 Å². The van der Waals surface area contributed by atoms with Crippen LogP contribution in [0.25, 0.3) is 11.4 Å². The number of nitrogens with zero attached hydrogens (tertiary/aromatic N) is 1. The molecule has 1 aromatic heterocycles. The number of rotatable bonds is 9. The smallest absolute Gasteiger partial charge is 0.439 e. The van der Waals surface area contributed by atoms with Gasteiger partial charge in [0, 0.05) is 34.6 Å². The highest BCUT2D eigenvalue weighted by molar-refractivity contribution is 9.10. The molecular weight excluding hydrogens is 606 g/mol. The number of carbonyl (C=O) groups is 3. The summed E-state index contributed by atoms with van der Waals surface area (Å²) in [5.74, 6) is -0.818.